The van der Waals surface area contributed by atoms with Crippen molar-refractivity contribution in [3.05, 3.63) is 12.2 Å². The minimum Gasteiger partial charge on any atom is -0.340 e. The van der Waals surface area contributed by atoms with Gasteiger partial charge in [-0.1, -0.05) is 5.16 Å². The molecule has 3 amide bonds. The quantitative estimate of drug-likeness (QED) is 0.637. The predicted molar refractivity (Wildman–Crippen MR) is 43.1 cm³/mol. The Morgan fingerprint density at radius 3 is 3.00 bits per heavy atom. The van der Waals surface area contributed by atoms with E-state index >= 15 is 0 Å². The third-order valence-electron chi connectivity index (χ3n) is 1.89. The molecule has 0 bridgehead atoms. The van der Waals surface area contributed by atoms with Crippen LogP contribution in [0.15, 0.2) is 10.9 Å². The van der Waals surface area contributed by atoms with E-state index in [2.05, 4.69) is 15.5 Å². The molecule has 1 aliphatic heterocycles. The maximum atomic E-state index is 11.1. The zero-order chi connectivity index (χ0) is 9.97. The lowest BCUT2D eigenvalue weighted by atomic mass is 10.4. The number of nitrogens with one attached hydrogen (secondary N) is 1. The second-order valence-corrected chi connectivity index (χ2v) is 2.79. The van der Waals surface area contributed by atoms with Crippen molar-refractivity contribution in [1.82, 2.24) is 20.4 Å². The summed E-state index contributed by atoms with van der Waals surface area (Å²) in [6, 6.07) is -0.366. The lowest BCUT2D eigenvalue weighted by molar-refractivity contribution is -0.124. The fraction of sp³-hybridized carbons (Fsp3) is 0.429. The van der Waals surface area contributed by atoms with Gasteiger partial charge in [0.05, 0.1) is 6.54 Å². The Kier molecular flexibility index (Phi) is 2.13. The van der Waals surface area contributed by atoms with Gasteiger partial charge < -0.3 is 9.84 Å². The molecular formula is C7H8N4O3. The Morgan fingerprint density at radius 2 is 2.43 bits per heavy atom. The van der Waals surface area contributed by atoms with Gasteiger partial charge >= 0.3 is 6.03 Å². The molecule has 0 saturated carbocycles. The van der Waals surface area contributed by atoms with Crippen molar-refractivity contribution < 1.29 is 14.1 Å². The van der Waals surface area contributed by atoms with Crippen LogP contribution in [0, 0.1) is 0 Å². The topological polar surface area (TPSA) is 88.3 Å². The van der Waals surface area contributed by atoms with Gasteiger partial charge in [0.2, 0.25) is 11.8 Å². The van der Waals surface area contributed by atoms with Gasteiger partial charge in [-0.2, -0.15) is 4.98 Å². The molecule has 1 N–H and O–H groups in total. The van der Waals surface area contributed by atoms with E-state index in [1.54, 1.807) is 0 Å². The summed E-state index contributed by atoms with van der Waals surface area (Å²) in [5, 5.41) is 5.84. The first-order valence-electron chi connectivity index (χ1n) is 4.11. The molecular weight excluding hydrogens is 188 g/mol. The number of carbonyl (C=O) groups is 2. The van der Waals surface area contributed by atoms with E-state index in [0.29, 0.717) is 12.3 Å². The Balaban J connectivity index is 1.92. The zero-order valence-corrected chi connectivity index (χ0v) is 7.27. The number of aromatic nitrogens is 2. The highest BCUT2D eigenvalue weighted by molar-refractivity contribution is 6.01. The Hall–Kier alpha value is -1.92. The van der Waals surface area contributed by atoms with Crippen LogP contribution in [0.4, 0.5) is 4.79 Å². The summed E-state index contributed by atoms with van der Waals surface area (Å²) in [6.07, 6.45) is 1.67. The van der Waals surface area contributed by atoms with Crippen molar-refractivity contribution in [2.75, 3.05) is 13.1 Å². The SMILES string of the molecule is O=C1CNC(=O)N1CCc1ncno1. The molecule has 1 aromatic rings. The molecule has 2 rings (SSSR count). The number of carbonyl (C=O) groups excluding carboxylic acids is 2. The number of nitrogens with zero attached hydrogens (tertiary/aromatic N) is 3. The molecule has 0 atom stereocenters. The van der Waals surface area contributed by atoms with Gasteiger partial charge in [-0.3, -0.25) is 9.69 Å². The van der Waals surface area contributed by atoms with E-state index in [9.17, 15) is 9.59 Å². The second kappa shape index (κ2) is 3.44. The summed E-state index contributed by atoms with van der Waals surface area (Å²) in [6.45, 7) is 0.343. The van der Waals surface area contributed by atoms with E-state index in [1.807, 2.05) is 0 Å². The molecule has 0 aromatic carbocycles. The molecule has 2 heterocycles. The summed E-state index contributed by atoms with van der Waals surface area (Å²) in [5.41, 5.74) is 0. The highest BCUT2D eigenvalue weighted by atomic mass is 16.5. The second-order valence-electron chi connectivity index (χ2n) is 2.79. The molecule has 0 aliphatic carbocycles. The van der Waals surface area contributed by atoms with Crippen LogP contribution in [0.1, 0.15) is 5.89 Å². The van der Waals surface area contributed by atoms with Crippen molar-refractivity contribution in [3.63, 3.8) is 0 Å². The lowest BCUT2D eigenvalue weighted by Gasteiger charge is -2.09. The average molecular weight is 196 g/mol. The van der Waals surface area contributed by atoms with Crippen LogP contribution in [0.2, 0.25) is 0 Å². The molecule has 0 spiro atoms. The first-order chi connectivity index (χ1) is 6.77. The van der Waals surface area contributed by atoms with Gasteiger partial charge in [-0.25, -0.2) is 4.79 Å². The molecule has 1 aromatic heterocycles. The standard InChI is InChI=1S/C7H8N4O3/c12-6-3-8-7(13)11(6)2-1-5-9-4-10-14-5/h4H,1-3H2,(H,8,13). The predicted octanol–water partition coefficient (Wildman–Crippen LogP) is -0.836. The van der Waals surface area contributed by atoms with Gasteiger partial charge in [-0.05, 0) is 0 Å². The van der Waals surface area contributed by atoms with Gasteiger partial charge in [0.1, 0.15) is 0 Å². The van der Waals surface area contributed by atoms with Crippen LogP contribution >= 0.6 is 0 Å². The smallest absolute Gasteiger partial charge is 0.324 e. The van der Waals surface area contributed by atoms with Crippen LogP contribution < -0.4 is 5.32 Å². The van der Waals surface area contributed by atoms with Crippen LogP contribution in [-0.2, 0) is 11.2 Å². The Labute approximate surface area is 79.1 Å². The van der Waals surface area contributed by atoms with E-state index in [1.165, 1.54) is 6.33 Å². The summed E-state index contributed by atoms with van der Waals surface area (Å²) < 4.78 is 4.73. The number of hydrogen-bond donors (Lipinski definition) is 1. The van der Waals surface area contributed by atoms with Gasteiger partial charge in [0, 0.05) is 13.0 Å². The molecule has 1 saturated heterocycles. The van der Waals surface area contributed by atoms with Crippen molar-refractivity contribution in [3.8, 4) is 0 Å². The maximum absolute atomic E-state index is 11.1. The van der Waals surface area contributed by atoms with E-state index in [4.69, 9.17) is 4.52 Å². The highest BCUT2D eigenvalue weighted by Crippen LogP contribution is 2.01. The van der Waals surface area contributed by atoms with Crippen LogP contribution in [-0.4, -0.2) is 40.1 Å². The molecule has 1 aliphatic rings. The summed E-state index contributed by atoms with van der Waals surface area (Å²) in [7, 11) is 0. The molecule has 74 valence electrons. The van der Waals surface area contributed by atoms with Gasteiger partial charge in [0.25, 0.3) is 0 Å². The maximum Gasteiger partial charge on any atom is 0.324 e. The zero-order valence-electron chi connectivity index (χ0n) is 7.27. The van der Waals surface area contributed by atoms with Crippen LogP contribution in [0.5, 0.6) is 0 Å². The van der Waals surface area contributed by atoms with E-state index in [-0.39, 0.29) is 25.0 Å². The highest BCUT2D eigenvalue weighted by Gasteiger charge is 2.28. The number of rotatable bonds is 3. The molecule has 14 heavy (non-hydrogen) atoms. The summed E-state index contributed by atoms with van der Waals surface area (Å²) >= 11 is 0. The minimum absolute atomic E-state index is 0.0721. The van der Waals surface area contributed by atoms with Gasteiger partial charge in [-0.15, -0.1) is 0 Å². The molecule has 0 unspecified atom stereocenters. The van der Waals surface area contributed by atoms with Crippen LogP contribution in [0.3, 0.4) is 0 Å². The number of amides is 3. The first-order valence-corrected chi connectivity index (χ1v) is 4.11. The molecule has 7 nitrogen and oxygen atoms in total. The van der Waals surface area contributed by atoms with Crippen molar-refractivity contribution in [2.45, 2.75) is 6.42 Å². The third kappa shape index (κ3) is 1.56. The Morgan fingerprint density at radius 1 is 1.57 bits per heavy atom. The monoisotopic (exact) mass is 196 g/mol. The van der Waals surface area contributed by atoms with Gasteiger partial charge in [0.15, 0.2) is 6.33 Å². The lowest BCUT2D eigenvalue weighted by Crippen LogP contribution is -2.32. The first kappa shape index (κ1) is 8.67. The normalized spacial score (nSPS) is 16.1. The van der Waals surface area contributed by atoms with Crippen molar-refractivity contribution in [1.29, 1.82) is 0 Å². The average Bonchev–Trinajstić information content (AvgIpc) is 2.76. The minimum atomic E-state index is -0.366. The molecule has 7 heteroatoms. The fourth-order valence-electron chi connectivity index (χ4n) is 1.20. The number of hydrogen-bond acceptors (Lipinski definition) is 5. The number of imide groups is 1. The van der Waals surface area contributed by atoms with E-state index in [0.717, 1.165) is 4.90 Å². The molecule has 1 fully saturated rings. The van der Waals surface area contributed by atoms with E-state index < -0.39 is 0 Å². The van der Waals surface area contributed by atoms with Crippen LogP contribution in [0.25, 0.3) is 0 Å². The Bertz CT molecular complexity index is 332. The van der Waals surface area contributed by atoms with Crippen molar-refractivity contribution >= 4 is 11.9 Å². The summed E-state index contributed by atoms with van der Waals surface area (Å²) in [4.78, 5) is 27.1. The molecule has 0 radical (unpaired) electrons. The van der Waals surface area contributed by atoms with Crippen molar-refractivity contribution in [2.24, 2.45) is 0 Å². The summed E-state index contributed by atoms with van der Waals surface area (Å²) in [5.74, 6) is 0.187. The largest absolute Gasteiger partial charge is 0.340 e. The third-order valence-corrected chi connectivity index (χ3v) is 1.89. The number of urea groups is 1. The fourth-order valence-corrected chi connectivity index (χ4v) is 1.20.